The van der Waals surface area contributed by atoms with Crippen LogP contribution in [0.3, 0.4) is 0 Å². The zero-order valence-electron chi connectivity index (χ0n) is 11.1. The van der Waals surface area contributed by atoms with Crippen LogP contribution < -0.4 is 5.32 Å². The van der Waals surface area contributed by atoms with Crippen molar-refractivity contribution >= 4 is 24.0 Å². The van der Waals surface area contributed by atoms with E-state index in [1.54, 1.807) is 12.1 Å². The van der Waals surface area contributed by atoms with Crippen molar-refractivity contribution in [2.45, 2.75) is 6.92 Å². The summed E-state index contributed by atoms with van der Waals surface area (Å²) < 4.78 is 0. The minimum atomic E-state index is -0.583. The molecule has 8 heteroatoms. The number of nitrogens with one attached hydrogen (secondary N) is 1. The van der Waals surface area contributed by atoms with Crippen LogP contribution in [0.25, 0.3) is 0 Å². The van der Waals surface area contributed by atoms with Gasteiger partial charge >= 0.3 is 0 Å². The van der Waals surface area contributed by atoms with Gasteiger partial charge in [0.2, 0.25) is 11.9 Å². The molecule has 0 aliphatic rings. The minimum absolute atomic E-state index is 0.0325. The molecule has 0 bridgehead atoms. The molecule has 8 nitrogen and oxygen atoms in total. The number of aliphatic hydroxyl groups excluding tert-OH is 1. The number of rotatable bonds is 4. The third kappa shape index (κ3) is 4.16. The van der Waals surface area contributed by atoms with Crippen LogP contribution in [0.5, 0.6) is 0 Å². The fourth-order valence-corrected chi connectivity index (χ4v) is 1.33. The molecule has 1 amide bonds. The number of aliphatic imine (C=N–C) groups is 1. The number of aliphatic hydroxyl groups is 1. The molecule has 106 valence electrons. The number of carbonyl (C=O) groups is 1. The van der Waals surface area contributed by atoms with E-state index in [2.05, 4.69) is 30.2 Å². The average Bonchev–Trinajstić information content (AvgIpc) is 2.49. The lowest BCUT2D eigenvalue weighted by Gasteiger charge is -2.04. The second-order valence-electron chi connectivity index (χ2n) is 3.83. The lowest BCUT2D eigenvalue weighted by atomic mass is 10.2. The van der Waals surface area contributed by atoms with E-state index < -0.39 is 5.91 Å². The molecule has 2 aromatic rings. The summed E-state index contributed by atoms with van der Waals surface area (Å²) in [6, 6.07) is 3.27. The maximum absolute atomic E-state index is 12.0. The first kappa shape index (κ1) is 14.3. The van der Waals surface area contributed by atoms with Gasteiger partial charge < -0.3 is 5.11 Å². The van der Waals surface area contributed by atoms with Gasteiger partial charge in [-0.1, -0.05) is 0 Å². The Balaban J connectivity index is 2.15. The molecule has 21 heavy (non-hydrogen) atoms. The summed E-state index contributed by atoms with van der Waals surface area (Å²) in [6.07, 6.45) is 7.20. The van der Waals surface area contributed by atoms with Gasteiger partial charge in [-0.15, -0.1) is 0 Å². The summed E-state index contributed by atoms with van der Waals surface area (Å²) in [4.78, 5) is 31.5. The predicted octanol–water partition coefficient (Wildman–Crippen LogP) is 1.44. The maximum Gasteiger partial charge on any atom is 0.262 e. The first-order valence-electron chi connectivity index (χ1n) is 5.96. The number of nitrogens with zero attached hydrogens (tertiary/aromatic N) is 5. The Morgan fingerprint density at radius 2 is 1.71 bits per heavy atom. The number of anilines is 1. The zero-order valence-corrected chi connectivity index (χ0v) is 11.1. The molecule has 0 aliphatic heterocycles. The van der Waals surface area contributed by atoms with Gasteiger partial charge in [-0.05, 0) is 19.1 Å². The Labute approximate surface area is 120 Å². The third-order valence-corrected chi connectivity index (χ3v) is 2.29. The van der Waals surface area contributed by atoms with Gasteiger partial charge in [0.05, 0.1) is 5.57 Å². The highest BCUT2D eigenvalue weighted by Gasteiger charge is 2.12. The van der Waals surface area contributed by atoms with E-state index >= 15 is 0 Å². The number of aromatic nitrogens is 4. The van der Waals surface area contributed by atoms with E-state index in [-0.39, 0.29) is 23.2 Å². The molecule has 0 unspecified atom stereocenters. The molecule has 0 radical (unpaired) electrons. The van der Waals surface area contributed by atoms with Gasteiger partial charge in [0.25, 0.3) is 5.91 Å². The van der Waals surface area contributed by atoms with Gasteiger partial charge in [0, 0.05) is 31.0 Å². The van der Waals surface area contributed by atoms with E-state index in [0.717, 1.165) is 0 Å². The first-order valence-corrected chi connectivity index (χ1v) is 5.96. The number of carbonyl (C=O) groups excluding carboxylic acids is 1. The highest BCUT2D eigenvalue weighted by atomic mass is 16.3. The summed E-state index contributed by atoms with van der Waals surface area (Å²) in [5.41, 5.74) is -0.0325. The van der Waals surface area contributed by atoms with Crippen LogP contribution in [0.1, 0.15) is 6.92 Å². The molecule has 2 rings (SSSR count). The highest BCUT2D eigenvalue weighted by molar-refractivity contribution is 6.17. The topological polar surface area (TPSA) is 113 Å². The smallest absolute Gasteiger partial charge is 0.262 e. The Kier molecular flexibility index (Phi) is 4.65. The molecule has 2 heterocycles. The fraction of sp³-hybridized carbons (Fsp3) is 0.0769. The van der Waals surface area contributed by atoms with Crippen molar-refractivity contribution in [2.75, 3.05) is 5.32 Å². The van der Waals surface area contributed by atoms with E-state index in [9.17, 15) is 9.90 Å². The van der Waals surface area contributed by atoms with Gasteiger partial charge in [0.1, 0.15) is 5.76 Å². The monoisotopic (exact) mass is 284 g/mol. The zero-order chi connectivity index (χ0) is 15.1. The largest absolute Gasteiger partial charge is 0.512 e. The van der Waals surface area contributed by atoms with Crippen molar-refractivity contribution in [3.8, 4) is 0 Å². The molecule has 0 aromatic carbocycles. The van der Waals surface area contributed by atoms with Gasteiger partial charge in [-0.2, -0.15) is 0 Å². The standard InChI is InChI=1S/C13H12N6O2/c1-9(20)10(8-18-12-14-4-2-5-15-12)11(21)19-13-16-6-3-7-17-13/h2-8,20H,1H3,(H,16,17,19,21). The van der Waals surface area contributed by atoms with Crippen LogP contribution in [0.4, 0.5) is 11.9 Å². The minimum Gasteiger partial charge on any atom is -0.512 e. The Hall–Kier alpha value is -3.16. The van der Waals surface area contributed by atoms with Crippen molar-refractivity contribution < 1.29 is 9.90 Å². The highest BCUT2D eigenvalue weighted by Crippen LogP contribution is 2.06. The van der Waals surface area contributed by atoms with Crippen molar-refractivity contribution in [2.24, 2.45) is 4.99 Å². The molecule has 0 fully saturated rings. The second kappa shape index (κ2) is 6.85. The third-order valence-electron chi connectivity index (χ3n) is 2.29. The Bertz CT molecular complexity index is 666. The SMILES string of the molecule is CC(O)=C(C=Nc1ncccn1)C(=O)Nc1ncccn1. The summed E-state index contributed by atoms with van der Waals surface area (Å²) >= 11 is 0. The van der Waals surface area contributed by atoms with Gasteiger partial charge in [0.15, 0.2) is 0 Å². The predicted molar refractivity (Wildman–Crippen MR) is 76.2 cm³/mol. The summed E-state index contributed by atoms with van der Waals surface area (Å²) in [5, 5.41) is 12.0. The molecular weight excluding hydrogens is 272 g/mol. The van der Waals surface area contributed by atoms with Crippen molar-refractivity contribution in [3.63, 3.8) is 0 Å². The number of allylic oxidation sites excluding steroid dienone is 1. The maximum atomic E-state index is 12.0. The molecular formula is C13H12N6O2. The Morgan fingerprint density at radius 3 is 2.29 bits per heavy atom. The van der Waals surface area contributed by atoms with Crippen LogP contribution in [-0.2, 0) is 4.79 Å². The van der Waals surface area contributed by atoms with Crippen LogP contribution >= 0.6 is 0 Å². The quantitative estimate of drug-likeness (QED) is 0.499. The lowest BCUT2D eigenvalue weighted by molar-refractivity contribution is -0.112. The van der Waals surface area contributed by atoms with Crippen LogP contribution in [0.2, 0.25) is 0 Å². The van der Waals surface area contributed by atoms with Crippen LogP contribution in [-0.4, -0.2) is 37.2 Å². The molecule has 0 saturated heterocycles. The average molecular weight is 284 g/mol. The van der Waals surface area contributed by atoms with Crippen molar-refractivity contribution in [3.05, 3.63) is 48.3 Å². The van der Waals surface area contributed by atoms with E-state index in [0.29, 0.717) is 0 Å². The number of hydrogen-bond acceptors (Lipinski definition) is 7. The van der Waals surface area contributed by atoms with Gasteiger partial charge in [-0.3, -0.25) is 10.1 Å². The van der Waals surface area contributed by atoms with Crippen molar-refractivity contribution in [1.82, 2.24) is 19.9 Å². The molecule has 2 aromatic heterocycles. The summed E-state index contributed by atoms with van der Waals surface area (Å²) in [7, 11) is 0. The van der Waals surface area contributed by atoms with E-state index in [1.165, 1.54) is 37.9 Å². The van der Waals surface area contributed by atoms with Crippen LogP contribution in [0.15, 0.2) is 53.2 Å². The molecule has 0 atom stereocenters. The fourth-order valence-electron chi connectivity index (χ4n) is 1.33. The first-order chi connectivity index (χ1) is 10.2. The lowest BCUT2D eigenvalue weighted by Crippen LogP contribution is -2.18. The summed E-state index contributed by atoms with van der Waals surface area (Å²) in [6.45, 7) is 1.37. The molecule has 2 N–H and O–H groups in total. The van der Waals surface area contributed by atoms with E-state index in [4.69, 9.17) is 0 Å². The van der Waals surface area contributed by atoms with Gasteiger partial charge in [-0.25, -0.2) is 24.9 Å². The summed E-state index contributed by atoms with van der Waals surface area (Å²) in [5.74, 6) is -0.463. The van der Waals surface area contributed by atoms with E-state index in [1.807, 2.05) is 0 Å². The van der Waals surface area contributed by atoms with Crippen LogP contribution in [0, 0.1) is 0 Å². The number of hydrogen-bond donors (Lipinski definition) is 2. The molecule has 0 spiro atoms. The normalized spacial score (nSPS) is 12.0. The number of amides is 1. The molecule has 0 saturated carbocycles. The second-order valence-corrected chi connectivity index (χ2v) is 3.83. The van der Waals surface area contributed by atoms with Crippen molar-refractivity contribution in [1.29, 1.82) is 0 Å². The Morgan fingerprint density at radius 1 is 1.14 bits per heavy atom. The molecule has 0 aliphatic carbocycles.